The zero-order valence-corrected chi connectivity index (χ0v) is 21.1. The average molecular weight is 452 g/mol. The Balaban J connectivity index is 0.000000420. The van der Waals surface area contributed by atoms with Crippen LogP contribution in [0.3, 0.4) is 0 Å². The molecule has 0 aliphatic heterocycles. The van der Waals surface area contributed by atoms with E-state index < -0.39 is 5.97 Å². The third-order valence-corrected chi connectivity index (χ3v) is 6.11. The van der Waals surface area contributed by atoms with Gasteiger partial charge in [-0.15, -0.1) is 0 Å². The fourth-order valence-corrected chi connectivity index (χ4v) is 3.75. The van der Waals surface area contributed by atoms with Crippen LogP contribution in [0.1, 0.15) is 102 Å². The minimum Gasteiger partial charge on any atom is -0.550 e. The van der Waals surface area contributed by atoms with Gasteiger partial charge in [0.05, 0.1) is 0 Å². The molecule has 0 radical (unpaired) electrons. The lowest BCUT2D eigenvalue weighted by Crippen LogP contribution is -2.29. The van der Waals surface area contributed by atoms with Gasteiger partial charge in [-0.3, -0.25) is 4.79 Å². The highest BCUT2D eigenvalue weighted by Gasteiger charge is 2.14. The van der Waals surface area contributed by atoms with Crippen LogP contribution in [0.5, 0.6) is 0 Å². The first-order chi connectivity index (χ1) is 15.9. The summed E-state index contributed by atoms with van der Waals surface area (Å²) in [6.45, 7) is 8.12. The molecular weight excluding hydrogens is 408 g/mol. The number of ketones is 1. The highest BCUT2D eigenvalue weighted by molar-refractivity contribution is 5.98. The van der Waals surface area contributed by atoms with Crippen LogP contribution in [0.25, 0.3) is 11.1 Å². The normalized spacial score (nSPS) is 12.4. The van der Waals surface area contributed by atoms with Gasteiger partial charge in [-0.1, -0.05) is 134 Å². The Bertz CT molecular complexity index is 780. The molecule has 0 amide bonds. The van der Waals surface area contributed by atoms with E-state index in [9.17, 15) is 14.7 Å². The van der Waals surface area contributed by atoms with Crippen LogP contribution >= 0.6 is 0 Å². The predicted octanol–water partition coefficient (Wildman–Crippen LogP) is 7.49. The third kappa shape index (κ3) is 11.8. The monoisotopic (exact) mass is 451 g/mol. The molecule has 0 saturated carbocycles. The molecule has 0 saturated heterocycles. The fourth-order valence-electron chi connectivity index (χ4n) is 3.75. The minimum absolute atomic E-state index is 0.124. The molecule has 0 fully saturated rings. The molecule has 0 N–H and O–H groups in total. The van der Waals surface area contributed by atoms with E-state index in [0.29, 0.717) is 0 Å². The number of aliphatic carboxylic acids is 1. The number of carbonyl (C=O) groups excluding carboxylic acids is 2. The molecule has 3 nitrogen and oxygen atoms in total. The summed E-state index contributed by atoms with van der Waals surface area (Å²) < 4.78 is 0. The summed E-state index contributed by atoms with van der Waals surface area (Å²) in [5.41, 5.74) is 3.18. The Labute approximate surface area is 201 Å². The van der Waals surface area contributed by atoms with Gasteiger partial charge in [0.15, 0.2) is 5.78 Å². The van der Waals surface area contributed by atoms with E-state index in [-0.39, 0.29) is 17.6 Å². The summed E-state index contributed by atoms with van der Waals surface area (Å²) in [6, 6.07) is 18.3. The smallest absolute Gasteiger partial charge is 0.165 e. The van der Waals surface area contributed by atoms with Crippen LogP contribution < -0.4 is 5.11 Å². The lowest BCUT2D eigenvalue weighted by Gasteiger charge is -2.11. The van der Waals surface area contributed by atoms with Gasteiger partial charge < -0.3 is 9.90 Å². The number of hydrogen-bond donors (Lipinski definition) is 0. The number of Topliss-reactive ketones (excluding diaryl/α,β-unsaturated/α-hetero) is 1. The van der Waals surface area contributed by atoms with E-state index in [1.807, 2.05) is 42.5 Å². The number of carboxylic acid groups (broad SMARTS) is 1. The van der Waals surface area contributed by atoms with Crippen molar-refractivity contribution in [2.24, 2.45) is 11.8 Å². The second-order valence-corrected chi connectivity index (χ2v) is 9.13. The first-order valence-electron chi connectivity index (χ1n) is 12.8. The standard InChI is InChI=1S/C21H26O.C9H18O2/c1-3-4-5-7-10-17(2)21(22)20-15-13-19(14-16-20)18-11-8-6-9-12-18;1-3-4-5-6-7-8(2)9(10)11/h6,8-9,11-17H,3-5,7,10H2,1-2H3;8H,3-7H2,1-2H3,(H,10,11)/p-1. The van der Waals surface area contributed by atoms with Crippen LogP contribution in [-0.4, -0.2) is 11.8 Å². The summed E-state index contributed by atoms with van der Waals surface area (Å²) in [7, 11) is 0. The van der Waals surface area contributed by atoms with E-state index in [4.69, 9.17) is 0 Å². The highest BCUT2D eigenvalue weighted by atomic mass is 16.4. The second kappa shape index (κ2) is 17.1. The molecule has 0 aromatic heterocycles. The van der Waals surface area contributed by atoms with E-state index in [0.717, 1.165) is 43.2 Å². The summed E-state index contributed by atoms with van der Waals surface area (Å²) in [5.74, 6) is -0.788. The zero-order chi connectivity index (χ0) is 24.5. The SMILES string of the molecule is CCCCCCC(C)C(=O)[O-].CCCCCCC(C)C(=O)c1ccc(-c2ccccc2)cc1. The van der Waals surface area contributed by atoms with Crippen LogP contribution in [-0.2, 0) is 4.79 Å². The van der Waals surface area contributed by atoms with Crippen molar-refractivity contribution in [2.45, 2.75) is 91.9 Å². The van der Waals surface area contributed by atoms with Crippen molar-refractivity contribution in [3.63, 3.8) is 0 Å². The van der Waals surface area contributed by atoms with E-state index in [2.05, 4.69) is 32.9 Å². The number of carboxylic acids is 1. The van der Waals surface area contributed by atoms with Crippen molar-refractivity contribution in [1.29, 1.82) is 0 Å². The topological polar surface area (TPSA) is 57.2 Å². The van der Waals surface area contributed by atoms with Crippen molar-refractivity contribution in [3.8, 4) is 11.1 Å². The third-order valence-electron chi connectivity index (χ3n) is 6.11. The Morgan fingerprint density at radius 2 is 1.15 bits per heavy atom. The van der Waals surface area contributed by atoms with Gasteiger partial charge in [-0.25, -0.2) is 0 Å². The Hall–Kier alpha value is -2.42. The van der Waals surface area contributed by atoms with Crippen molar-refractivity contribution < 1.29 is 14.7 Å². The highest BCUT2D eigenvalue weighted by Crippen LogP contribution is 2.22. The zero-order valence-electron chi connectivity index (χ0n) is 21.1. The van der Waals surface area contributed by atoms with Crippen LogP contribution in [0.4, 0.5) is 0 Å². The largest absolute Gasteiger partial charge is 0.550 e. The maximum Gasteiger partial charge on any atom is 0.165 e. The van der Waals surface area contributed by atoms with Crippen LogP contribution in [0.15, 0.2) is 54.6 Å². The van der Waals surface area contributed by atoms with Gasteiger partial charge >= 0.3 is 0 Å². The Morgan fingerprint density at radius 3 is 1.64 bits per heavy atom. The summed E-state index contributed by atoms with van der Waals surface area (Å²) in [4.78, 5) is 22.7. The fraction of sp³-hybridized carbons (Fsp3) is 0.533. The quantitative estimate of drug-likeness (QED) is 0.221. The maximum absolute atomic E-state index is 12.5. The lowest BCUT2D eigenvalue weighted by atomic mass is 9.93. The molecule has 0 heterocycles. The van der Waals surface area contributed by atoms with Gasteiger partial charge in [0.2, 0.25) is 0 Å². The number of hydrogen-bond acceptors (Lipinski definition) is 3. The molecule has 0 spiro atoms. The first-order valence-corrected chi connectivity index (χ1v) is 12.8. The van der Waals surface area contributed by atoms with Gasteiger partial charge in [-0.05, 0) is 29.9 Å². The molecule has 2 aromatic rings. The number of unbranched alkanes of at least 4 members (excludes halogenated alkanes) is 6. The van der Waals surface area contributed by atoms with Crippen molar-refractivity contribution in [1.82, 2.24) is 0 Å². The van der Waals surface area contributed by atoms with E-state index in [1.165, 1.54) is 37.7 Å². The summed E-state index contributed by atoms with van der Waals surface area (Å²) in [5, 5.41) is 10.3. The predicted molar refractivity (Wildman–Crippen MR) is 137 cm³/mol. The maximum atomic E-state index is 12.5. The summed E-state index contributed by atoms with van der Waals surface area (Å²) in [6.07, 6.45) is 11.2. The molecule has 2 unspecified atom stereocenters. The van der Waals surface area contributed by atoms with E-state index >= 15 is 0 Å². The van der Waals surface area contributed by atoms with Crippen LogP contribution in [0.2, 0.25) is 0 Å². The number of benzene rings is 2. The molecule has 2 atom stereocenters. The molecular formula is C30H43O3-. The van der Waals surface area contributed by atoms with Crippen molar-refractivity contribution in [3.05, 3.63) is 60.2 Å². The molecule has 2 rings (SSSR count). The minimum atomic E-state index is -0.915. The van der Waals surface area contributed by atoms with Gasteiger partial charge in [0.1, 0.15) is 0 Å². The Kier molecular flexibility index (Phi) is 14.8. The van der Waals surface area contributed by atoms with Gasteiger partial charge in [-0.2, -0.15) is 0 Å². The number of rotatable bonds is 14. The average Bonchev–Trinajstić information content (AvgIpc) is 2.84. The molecule has 0 bridgehead atoms. The molecule has 0 aliphatic rings. The van der Waals surface area contributed by atoms with Gasteiger partial charge in [0.25, 0.3) is 0 Å². The molecule has 182 valence electrons. The summed E-state index contributed by atoms with van der Waals surface area (Å²) >= 11 is 0. The van der Waals surface area contributed by atoms with Gasteiger partial charge in [0, 0.05) is 17.5 Å². The van der Waals surface area contributed by atoms with Crippen LogP contribution in [0, 0.1) is 11.8 Å². The number of carbonyl (C=O) groups is 2. The molecule has 33 heavy (non-hydrogen) atoms. The second-order valence-electron chi connectivity index (χ2n) is 9.13. The van der Waals surface area contributed by atoms with Crippen molar-refractivity contribution in [2.75, 3.05) is 0 Å². The molecule has 0 aliphatic carbocycles. The molecule has 2 aromatic carbocycles. The van der Waals surface area contributed by atoms with E-state index in [1.54, 1.807) is 6.92 Å². The molecule has 3 heteroatoms. The Morgan fingerprint density at radius 1 is 0.667 bits per heavy atom. The lowest BCUT2D eigenvalue weighted by molar-refractivity contribution is -0.311. The van der Waals surface area contributed by atoms with Crippen molar-refractivity contribution >= 4 is 11.8 Å². The first kappa shape index (κ1) is 28.6.